The summed E-state index contributed by atoms with van der Waals surface area (Å²) in [5, 5.41) is 3.01. The molecule has 1 aliphatic heterocycles. The molecule has 1 fully saturated rings. The Labute approximate surface area is 166 Å². The van der Waals surface area contributed by atoms with Crippen LogP contribution < -0.4 is 10.2 Å². The van der Waals surface area contributed by atoms with Gasteiger partial charge in [0.05, 0.1) is 11.7 Å². The third kappa shape index (κ3) is 4.25. The van der Waals surface area contributed by atoms with Crippen molar-refractivity contribution >= 4 is 28.9 Å². The monoisotopic (exact) mass is 411 g/mol. The number of nitrogens with zero attached hydrogens (tertiary/aromatic N) is 2. The van der Waals surface area contributed by atoms with Crippen molar-refractivity contribution in [1.29, 1.82) is 0 Å². The number of rotatable bonds is 4. The maximum Gasteiger partial charge on any atom is 0.241 e. The molecule has 0 spiro atoms. The van der Waals surface area contributed by atoms with Gasteiger partial charge in [-0.25, -0.2) is 13.2 Å². The van der Waals surface area contributed by atoms with Gasteiger partial charge in [0, 0.05) is 36.9 Å². The summed E-state index contributed by atoms with van der Waals surface area (Å²) in [6, 6.07) is 6.99. The van der Waals surface area contributed by atoms with Gasteiger partial charge in [0.1, 0.15) is 0 Å². The van der Waals surface area contributed by atoms with E-state index in [1.165, 1.54) is 0 Å². The van der Waals surface area contributed by atoms with Crippen molar-refractivity contribution in [3.05, 3.63) is 58.4 Å². The van der Waals surface area contributed by atoms with Crippen LogP contribution in [0.15, 0.2) is 30.3 Å². The Hall–Kier alpha value is -2.25. The standard InChI is InChI=1S/C20H21ClF3N3O/c1-12-3-4-14(21)11-17(12)27-9-7-26(8-10-27)13(2)20(28)25-16-6-5-15(22)18(23)19(16)24/h3-6,11,13H,7-10H2,1-2H3,(H,25,28)/t13-/m1/s1. The number of anilines is 2. The van der Waals surface area contributed by atoms with Gasteiger partial charge in [0.15, 0.2) is 17.5 Å². The number of carbonyl (C=O) groups excluding carboxylic acids is 1. The highest BCUT2D eigenvalue weighted by molar-refractivity contribution is 6.30. The molecule has 8 heteroatoms. The molecule has 0 aliphatic carbocycles. The van der Waals surface area contributed by atoms with E-state index in [2.05, 4.69) is 10.2 Å². The summed E-state index contributed by atoms with van der Waals surface area (Å²) < 4.78 is 40.1. The van der Waals surface area contributed by atoms with Gasteiger partial charge in [-0.15, -0.1) is 0 Å². The number of nitrogens with one attached hydrogen (secondary N) is 1. The van der Waals surface area contributed by atoms with Crippen LogP contribution in [-0.4, -0.2) is 43.0 Å². The van der Waals surface area contributed by atoms with E-state index in [0.29, 0.717) is 31.2 Å². The maximum atomic E-state index is 13.8. The minimum absolute atomic E-state index is 0.371. The molecule has 1 atom stereocenters. The van der Waals surface area contributed by atoms with Crippen molar-refractivity contribution in [1.82, 2.24) is 4.90 Å². The van der Waals surface area contributed by atoms with E-state index in [-0.39, 0.29) is 5.69 Å². The lowest BCUT2D eigenvalue weighted by atomic mass is 10.1. The summed E-state index contributed by atoms with van der Waals surface area (Å²) >= 11 is 6.10. The first-order valence-corrected chi connectivity index (χ1v) is 9.35. The lowest BCUT2D eigenvalue weighted by Crippen LogP contribution is -2.53. The number of hydrogen-bond acceptors (Lipinski definition) is 3. The molecule has 3 rings (SSSR count). The van der Waals surface area contributed by atoms with Gasteiger partial charge in [-0.05, 0) is 43.7 Å². The molecule has 1 amide bonds. The van der Waals surface area contributed by atoms with Crippen molar-refractivity contribution < 1.29 is 18.0 Å². The first kappa shape index (κ1) is 20.5. The average Bonchev–Trinajstić information content (AvgIpc) is 2.69. The molecule has 150 valence electrons. The number of benzene rings is 2. The lowest BCUT2D eigenvalue weighted by molar-refractivity contribution is -0.120. The Morgan fingerprint density at radius 2 is 1.75 bits per heavy atom. The zero-order valence-corrected chi connectivity index (χ0v) is 16.4. The molecular formula is C20H21ClF3N3O. The fourth-order valence-corrected chi connectivity index (χ4v) is 3.47. The first-order valence-electron chi connectivity index (χ1n) is 8.97. The van der Waals surface area contributed by atoms with E-state index in [1.54, 1.807) is 6.92 Å². The Kier molecular flexibility index (Phi) is 6.15. The van der Waals surface area contributed by atoms with E-state index < -0.39 is 29.4 Å². The van der Waals surface area contributed by atoms with Gasteiger partial charge in [-0.1, -0.05) is 17.7 Å². The summed E-state index contributed by atoms with van der Waals surface area (Å²) in [7, 11) is 0. The van der Waals surface area contributed by atoms with E-state index in [9.17, 15) is 18.0 Å². The molecule has 0 aromatic heterocycles. The molecule has 0 radical (unpaired) electrons. The molecule has 1 saturated heterocycles. The van der Waals surface area contributed by atoms with Gasteiger partial charge in [0.25, 0.3) is 0 Å². The molecule has 28 heavy (non-hydrogen) atoms. The van der Waals surface area contributed by atoms with E-state index in [1.807, 2.05) is 30.0 Å². The topological polar surface area (TPSA) is 35.6 Å². The van der Waals surface area contributed by atoms with Crippen LogP contribution >= 0.6 is 11.6 Å². The molecule has 2 aromatic carbocycles. The quantitative estimate of drug-likeness (QED) is 0.765. The molecule has 1 heterocycles. The van der Waals surface area contributed by atoms with Crippen LogP contribution in [-0.2, 0) is 4.79 Å². The second kappa shape index (κ2) is 8.41. The van der Waals surface area contributed by atoms with Crippen LogP contribution in [0.5, 0.6) is 0 Å². The largest absolute Gasteiger partial charge is 0.369 e. The molecule has 0 unspecified atom stereocenters. The van der Waals surface area contributed by atoms with Crippen molar-refractivity contribution in [3.8, 4) is 0 Å². The molecule has 2 aromatic rings. The van der Waals surface area contributed by atoms with Crippen molar-refractivity contribution in [2.45, 2.75) is 19.9 Å². The fraction of sp³-hybridized carbons (Fsp3) is 0.350. The highest BCUT2D eigenvalue weighted by Gasteiger charge is 2.27. The van der Waals surface area contributed by atoms with Gasteiger partial charge in [-0.3, -0.25) is 9.69 Å². The van der Waals surface area contributed by atoms with Crippen molar-refractivity contribution in [2.24, 2.45) is 0 Å². The SMILES string of the molecule is Cc1ccc(Cl)cc1N1CCN([C@H](C)C(=O)Nc2ccc(F)c(F)c2F)CC1. The summed E-state index contributed by atoms with van der Waals surface area (Å²) in [6.45, 7) is 6.39. The number of piperazine rings is 1. The predicted molar refractivity (Wildman–Crippen MR) is 104 cm³/mol. The van der Waals surface area contributed by atoms with Gasteiger partial charge >= 0.3 is 0 Å². The fourth-order valence-electron chi connectivity index (χ4n) is 3.30. The molecular weight excluding hydrogens is 391 g/mol. The Balaban J connectivity index is 1.62. The summed E-state index contributed by atoms with van der Waals surface area (Å²) in [5.74, 6) is -4.77. The van der Waals surface area contributed by atoms with Crippen LogP contribution in [0.2, 0.25) is 5.02 Å². The lowest BCUT2D eigenvalue weighted by Gasteiger charge is -2.39. The van der Waals surface area contributed by atoms with Crippen LogP contribution in [0, 0.1) is 24.4 Å². The first-order chi connectivity index (χ1) is 13.3. The van der Waals surface area contributed by atoms with Gasteiger partial charge in [-0.2, -0.15) is 0 Å². The number of amides is 1. The Morgan fingerprint density at radius 1 is 1.07 bits per heavy atom. The second-order valence-electron chi connectivity index (χ2n) is 6.84. The average molecular weight is 412 g/mol. The third-order valence-corrected chi connectivity index (χ3v) is 5.28. The second-order valence-corrected chi connectivity index (χ2v) is 7.28. The summed E-state index contributed by atoms with van der Waals surface area (Å²) in [5.41, 5.74) is 1.81. The number of aryl methyl sites for hydroxylation is 1. The molecule has 4 nitrogen and oxygen atoms in total. The maximum absolute atomic E-state index is 13.8. The summed E-state index contributed by atoms with van der Waals surface area (Å²) in [4.78, 5) is 16.6. The van der Waals surface area contributed by atoms with Crippen LogP contribution in [0.3, 0.4) is 0 Å². The zero-order chi connectivity index (χ0) is 20.4. The van der Waals surface area contributed by atoms with Crippen molar-refractivity contribution in [2.75, 3.05) is 36.4 Å². The molecule has 1 N–H and O–H groups in total. The summed E-state index contributed by atoms with van der Waals surface area (Å²) in [6.07, 6.45) is 0. The smallest absolute Gasteiger partial charge is 0.241 e. The van der Waals surface area contributed by atoms with Crippen molar-refractivity contribution in [3.63, 3.8) is 0 Å². The Morgan fingerprint density at radius 3 is 2.43 bits per heavy atom. The third-order valence-electron chi connectivity index (χ3n) is 5.05. The van der Waals surface area contributed by atoms with Gasteiger partial charge in [0.2, 0.25) is 5.91 Å². The van der Waals surface area contributed by atoms with E-state index in [4.69, 9.17) is 11.6 Å². The zero-order valence-electron chi connectivity index (χ0n) is 15.6. The van der Waals surface area contributed by atoms with E-state index >= 15 is 0 Å². The minimum Gasteiger partial charge on any atom is -0.369 e. The Bertz CT molecular complexity index is 885. The van der Waals surface area contributed by atoms with Crippen LogP contribution in [0.1, 0.15) is 12.5 Å². The van der Waals surface area contributed by atoms with Crippen LogP contribution in [0.4, 0.5) is 24.5 Å². The molecule has 0 saturated carbocycles. The highest BCUT2D eigenvalue weighted by Crippen LogP contribution is 2.26. The number of carbonyl (C=O) groups is 1. The normalized spacial score (nSPS) is 16.1. The molecule has 1 aliphatic rings. The highest BCUT2D eigenvalue weighted by atomic mass is 35.5. The van der Waals surface area contributed by atoms with Gasteiger partial charge < -0.3 is 10.2 Å². The predicted octanol–water partition coefficient (Wildman–Crippen LogP) is 4.21. The van der Waals surface area contributed by atoms with E-state index in [0.717, 1.165) is 23.4 Å². The minimum atomic E-state index is -1.60. The number of hydrogen-bond donors (Lipinski definition) is 1. The molecule has 0 bridgehead atoms. The number of halogens is 4. The van der Waals surface area contributed by atoms with Crippen LogP contribution in [0.25, 0.3) is 0 Å².